The summed E-state index contributed by atoms with van der Waals surface area (Å²) in [5, 5.41) is 31.7. The quantitative estimate of drug-likeness (QED) is 0.349. The van der Waals surface area contributed by atoms with E-state index >= 15 is 0 Å². The Morgan fingerprint density at radius 2 is 1.81 bits per heavy atom. The third kappa shape index (κ3) is 4.19. The Kier molecular flexibility index (Phi) is 5.54. The van der Waals surface area contributed by atoms with Gasteiger partial charge in [-0.05, 0) is 18.6 Å². The van der Waals surface area contributed by atoms with Gasteiger partial charge in [-0.2, -0.15) is 0 Å². The van der Waals surface area contributed by atoms with E-state index < -0.39 is 10.5 Å². The molecule has 0 amide bonds. The van der Waals surface area contributed by atoms with Crippen LogP contribution in [-0.2, 0) is 12.1 Å². The third-order valence-electron chi connectivity index (χ3n) is 5.13. The first-order valence-electron chi connectivity index (χ1n) is 9.56. The van der Waals surface area contributed by atoms with Gasteiger partial charge in [-0.3, -0.25) is 10.1 Å². The lowest BCUT2D eigenvalue weighted by Gasteiger charge is -2.29. The fraction of sp³-hybridized carbons (Fsp3) is 0.130. The average molecular weight is 435 g/mol. The van der Waals surface area contributed by atoms with Crippen molar-refractivity contribution in [3.05, 3.63) is 111 Å². The normalized spacial score (nSPS) is 13.0. The summed E-state index contributed by atoms with van der Waals surface area (Å²) in [6, 6.07) is 20.8. The number of nitro benzene ring substituents is 1. The molecule has 0 saturated carbocycles. The van der Waals surface area contributed by atoms with E-state index in [-0.39, 0.29) is 22.8 Å². The molecule has 0 radical (unpaired) electrons. The molecule has 0 aliphatic carbocycles. The standard InChI is InChI=1S/C23H19ClN4O3/c1-16-7-9-17(10-8-16)22-14-27(26-25-22)15-23(29,18-5-3-2-4-6-18)20-13-19(28(30)31)11-12-21(20)24/h2-14,29H,15H2,1H3. The smallest absolute Gasteiger partial charge is 0.269 e. The van der Waals surface area contributed by atoms with Gasteiger partial charge in [0.15, 0.2) is 0 Å². The number of benzene rings is 3. The number of nitrogens with zero attached hydrogens (tertiary/aromatic N) is 4. The van der Waals surface area contributed by atoms with Crippen LogP contribution in [-0.4, -0.2) is 25.0 Å². The van der Waals surface area contributed by atoms with Crippen molar-refractivity contribution in [2.24, 2.45) is 0 Å². The van der Waals surface area contributed by atoms with Gasteiger partial charge >= 0.3 is 0 Å². The Morgan fingerprint density at radius 1 is 1.10 bits per heavy atom. The summed E-state index contributed by atoms with van der Waals surface area (Å²) in [6.07, 6.45) is 1.73. The van der Waals surface area contributed by atoms with E-state index in [1.165, 1.54) is 22.9 Å². The molecule has 31 heavy (non-hydrogen) atoms. The van der Waals surface area contributed by atoms with Gasteiger partial charge in [-0.15, -0.1) is 5.10 Å². The predicted octanol–water partition coefficient (Wildman–Crippen LogP) is 4.75. The van der Waals surface area contributed by atoms with Gasteiger partial charge in [0.25, 0.3) is 5.69 Å². The van der Waals surface area contributed by atoms with Crippen LogP contribution in [0.2, 0.25) is 5.02 Å². The van der Waals surface area contributed by atoms with Crippen molar-refractivity contribution >= 4 is 17.3 Å². The van der Waals surface area contributed by atoms with Crippen molar-refractivity contribution in [3.63, 3.8) is 0 Å². The minimum atomic E-state index is -1.66. The van der Waals surface area contributed by atoms with Crippen LogP contribution in [0.25, 0.3) is 11.3 Å². The molecule has 7 nitrogen and oxygen atoms in total. The number of aromatic nitrogens is 3. The number of non-ortho nitro benzene ring substituents is 1. The molecular formula is C23H19ClN4O3. The molecule has 3 aromatic carbocycles. The fourth-order valence-corrected chi connectivity index (χ4v) is 3.73. The first kappa shape index (κ1) is 20.7. The molecule has 0 fully saturated rings. The summed E-state index contributed by atoms with van der Waals surface area (Å²) in [7, 11) is 0. The molecule has 0 saturated heterocycles. The predicted molar refractivity (Wildman–Crippen MR) is 118 cm³/mol. The average Bonchev–Trinajstić information content (AvgIpc) is 3.23. The number of aryl methyl sites for hydroxylation is 1. The summed E-state index contributed by atoms with van der Waals surface area (Å²) in [5.74, 6) is 0. The molecule has 1 aromatic heterocycles. The molecule has 0 aliphatic rings. The van der Waals surface area contributed by atoms with E-state index in [1.807, 2.05) is 37.3 Å². The Labute approximate surface area is 183 Å². The summed E-state index contributed by atoms with van der Waals surface area (Å²) in [5.41, 5.74) is 1.62. The van der Waals surface area contributed by atoms with Crippen molar-refractivity contribution in [2.45, 2.75) is 19.1 Å². The van der Waals surface area contributed by atoms with Crippen molar-refractivity contribution in [1.82, 2.24) is 15.0 Å². The largest absolute Gasteiger partial charge is 0.378 e. The number of hydrogen-bond acceptors (Lipinski definition) is 5. The molecule has 0 spiro atoms. The number of nitro groups is 1. The highest BCUT2D eigenvalue weighted by Crippen LogP contribution is 2.38. The first-order chi connectivity index (χ1) is 14.9. The fourth-order valence-electron chi connectivity index (χ4n) is 3.46. The zero-order valence-corrected chi connectivity index (χ0v) is 17.4. The maximum absolute atomic E-state index is 11.8. The van der Waals surface area contributed by atoms with Crippen molar-refractivity contribution in [3.8, 4) is 11.3 Å². The van der Waals surface area contributed by atoms with Crippen LogP contribution in [0.4, 0.5) is 5.69 Å². The van der Waals surface area contributed by atoms with E-state index in [9.17, 15) is 15.2 Å². The summed E-state index contributed by atoms with van der Waals surface area (Å²) < 4.78 is 1.51. The molecule has 0 bridgehead atoms. The maximum atomic E-state index is 11.8. The van der Waals surface area contributed by atoms with E-state index in [0.717, 1.165) is 11.1 Å². The van der Waals surface area contributed by atoms with Crippen molar-refractivity contribution < 1.29 is 10.0 Å². The van der Waals surface area contributed by atoms with Gasteiger partial charge < -0.3 is 5.11 Å². The maximum Gasteiger partial charge on any atom is 0.269 e. The van der Waals surface area contributed by atoms with Gasteiger partial charge in [0.05, 0.1) is 17.7 Å². The molecule has 4 rings (SSSR count). The van der Waals surface area contributed by atoms with E-state index in [4.69, 9.17) is 11.6 Å². The topological polar surface area (TPSA) is 94.1 Å². The van der Waals surface area contributed by atoms with Crippen LogP contribution >= 0.6 is 11.6 Å². The molecule has 1 atom stereocenters. The third-order valence-corrected chi connectivity index (χ3v) is 5.46. The van der Waals surface area contributed by atoms with E-state index in [1.54, 1.807) is 30.5 Å². The SMILES string of the molecule is Cc1ccc(-c2cn(CC(O)(c3ccccc3)c3cc([N+](=O)[O-])ccc3Cl)nn2)cc1. The summed E-state index contributed by atoms with van der Waals surface area (Å²) in [4.78, 5) is 10.8. The van der Waals surface area contributed by atoms with Crippen LogP contribution in [0.15, 0.2) is 79.0 Å². The second-order valence-electron chi connectivity index (χ2n) is 7.31. The monoisotopic (exact) mass is 434 g/mol. The first-order valence-corrected chi connectivity index (χ1v) is 9.94. The molecule has 1 N–H and O–H groups in total. The highest BCUT2D eigenvalue weighted by atomic mass is 35.5. The number of aliphatic hydroxyl groups is 1. The second kappa shape index (κ2) is 8.29. The zero-order valence-electron chi connectivity index (χ0n) is 16.6. The highest BCUT2D eigenvalue weighted by molar-refractivity contribution is 6.31. The number of rotatable bonds is 6. The van der Waals surface area contributed by atoms with E-state index in [0.29, 0.717) is 11.3 Å². The summed E-state index contributed by atoms with van der Waals surface area (Å²) >= 11 is 6.39. The highest BCUT2D eigenvalue weighted by Gasteiger charge is 2.36. The molecule has 1 heterocycles. The lowest BCUT2D eigenvalue weighted by atomic mass is 9.86. The molecule has 1 unspecified atom stereocenters. The van der Waals surface area contributed by atoms with Crippen LogP contribution in [0, 0.1) is 17.0 Å². The van der Waals surface area contributed by atoms with Gasteiger partial charge in [0.2, 0.25) is 0 Å². The molecular weight excluding hydrogens is 416 g/mol. The van der Waals surface area contributed by atoms with Gasteiger partial charge in [-0.1, -0.05) is 77.0 Å². The van der Waals surface area contributed by atoms with Crippen LogP contribution in [0.3, 0.4) is 0 Å². The Hall–Kier alpha value is -3.55. The van der Waals surface area contributed by atoms with Crippen molar-refractivity contribution in [1.29, 1.82) is 0 Å². The van der Waals surface area contributed by atoms with Gasteiger partial charge in [-0.25, -0.2) is 4.68 Å². The van der Waals surface area contributed by atoms with Crippen LogP contribution in [0.5, 0.6) is 0 Å². The minimum absolute atomic E-state index is 0.0310. The number of hydrogen-bond donors (Lipinski definition) is 1. The molecule has 4 aromatic rings. The lowest BCUT2D eigenvalue weighted by molar-refractivity contribution is -0.385. The zero-order chi connectivity index (χ0) is 22.0. The van der Waals surface area contributed by atoms with Gasteiger partial charge in [0, 0.05) is 28.3 Å². The Balaban J connectivity index is 1.78. The Morgan fingerprint density at radius 3 is 2.48 bits per heavy atom. The van der Waals surface area contributed by atoms with Crippen molar-refractivity contribution in [2.75, 3.05) is 0 Å². The second-order valence-corrected chi connectivity index (χ2v) is 7.72. The van der Waals surface area contributed by atoms with Crippen LogP contribution in [0.1, 0.15) is 16.7 Å². The van der Waals surface area contributed by atoms with Crippen LogP contribution < -0.4 is 0 Å². The minimum Gasteiger partial charge on any atom is -0.378 e. The van der Waals surface area contributed by atoms with Gasteiger partial charge in [0.1, 0.15) is 11.3 Å². The summed E-state index contributed by atoms with van der Waals surface area (Å²) in [6.45, 7) is 1.97. The molecule has 156 valence electrons. The molecule has 0 aliphatic heterocycles. The lowest BCUT2D eigenvalue weighted by Crippen LogP contribution is -2.33. The van der Waals surface area contributed by atoms with E-state index in [2.05, 4.69) is 10.3 Å². The Bertz CT molecular complexity index is 1230. The number of halogens is 1. The molecule has 8 heteroatoms.